The van der Waals surface area contributed by atoms with E-state index >= 15 is 0 Å². The molecular formula is C12H15N5OS. The molecule has 0 unspecified atom stereocenters. The maximum atomic E-state index is 12.5. The van der Waals surface area contributed by atoms with E-state index in [-0.39, 0.29) is 11.8 Å². The summed E-state index contributed by atoms with van der Waals surface area (Å²) in [6.45, 7) is 3.96. The monoisotopic (exact) mass is 277 g/mol. The number of carbonyl (C=O) groups excluding carboxylic acids is 1. The molecule has 100 valence electrons. The van der Waals surface area contributed by atoms with Crippen molar-refractivity contribution in [2.75, 3.05) is 17.7 Å². The van der Waals surface area contributed by atoms with E-state index in [2.05, 4.69) is 14.6 Å². The number of hydrogen-bond donors (Lipinski definition) is 1. The van der Waals surface area contributed by atoms with Gasteiger partial charge < -0.3 is 10.6 Å². The quantitative estimate of drug-likeness (QED) is 0.926. The molecule has 0 aliphatic rings. The largest absolute Gasteiger partial charge is 0.396 e. The minimum Gasteiger partial charge on any atom is -0.396 e. The lowest BCUT2D eigenvalue weighted by atomic mass is 10.1. The van der Waals surface area contributed by atoms with E-state index in [0.29, 0.717) is 16.3 Å². The molecule has 0 aliphatic heterocycles. The number of nitrogen functional groups attached to an aromatic ring is 1. The fraction of sp³-hybridized carbons (Fsp3) is 0.333. The van der Waals surface area contributed by atoms with Crippen LogP contribution in [0.4, 0.5) is 11.4 Å². The zero-order chi connectivity index (χ0) is 14.0. The van der Waals surface area contributed by atoms with E-state index in [0.717, 1.165) is 17.2 Å². The number of carbonyl (C=O) groups is 1. The number of amides is 1. The van der Waals surface area contributed by atoms with Crippen molar-refractivity contribution in [2.24, 2.45) is 0 Å². The molecule has 0 atom stereocenters. The molecule has 0 aromatic carbocycles. The lowest BCUT2D eigenvalue weighted by molar-refractivity contribution is 0.0995. The van der Waals surface area contributed by atoms with Crippen molar-refractivity contribution in [1.29, 1.82) is 0 Å². The van der Waals surface area contributed by atoms with Gasteiger partial charge in [-0.15, -0.1) is 5.10 Å². The number of nitrogens with zero attached hydrogens (tertiary/aromatic N) is 4. The van der Waals surface area contributed by atoms with Crippen LogP contribution < -0.4 is 10.6 Å². The van der Waals surface area contributed by atoms with Crippen molar-refractivity contribution in [3.05, 3.63) is 29.0 Å². The van der Waals surface area contributed by atoms with E-state index in [9.17, 15) is 4.79 Å². The summed E-state index contributed by atoms with van der Waals surface area (Å²) in [7, 11) is 1.68. The Bertz CT molecular complexity index is 595. The van der Waals surface area contributed by atoms with Gasteiger partial charge >= 0.3 is 0 Å². The zero-order valence-electron chi connectivity index (χ0n) is 11.0. The third-order valence-electron chi connectivity index (χ3n) is 2.75. The fourth-order valence-electron chi connectivity index (χ4n) is 1.69. The van der Waals surface area contributed by atoms with Crippen LogP contribution in [0.2, 0.25) is 0 Å². The second kappa shape index (κ2) is 5.31. The maximum Gasteiger partial charge on any atom is 0.271 e. The minimum atomic E-state index is -0.156. The first-order valence-corrected chi connectivity index (χ1v) is 6.59. The molecule has 6 nitrogen and oxygen atoms in total. The topological polar surface area (TPSA) is 85.0 Å². The van der Waals surface area contributed by atoms with Gasteiger partial charge in [0, 0.05) is 13.2 Å². The summed E-state index contributed by atoms with van der Waals surface area (Å²) in [5.41, 5.74) is 7.63. The maximum absolute atomic E-state index is 12.5. The van der Waals surface area contributed by atoms with Crippen molar-refractivity contribution >= 4 is 28.8 Å². The first-order valence-electron chi connectivity index (χ1n) is 5.82. The Morgan fingerprint density at radius 1 is 1.47 bits per heavy atom. The van der Waals surface area contributed by atoms with Gasteiger partial charge in [-0.3, -0.25) is 9.78 Å². The van der Waals surface area contributed by atoms with E-state index < -0.39 is 0 Å². The second-order valence-corrected chi connectivity index (χ2v) is 5.19. The molecule has 0 saturated heterocycles. The van der Waals surface area contributed by atoms with E-state index in [1.807, 2.05) is 13.8 Å². The van der Waals surface area contributed by atoms with Crippen LogP contribution in [0.25, 0.3) is 0 Å². The van der Waals surface area contributed by atoms with E-state index in [1.54, 1.807) is 19.3 Å². The molecule has 0 radical (unpaired) electrons. The summed E-state index contributed by atoms with van der Waals surface area (Å²) >= 11 is 1.11. The first-order chi connectivity index (χ1) is 9.02. The predicted octanol–water partition coefficient (Wildman–Crippen LogP) is 1.92. The summed E-state index contributed by atoms with van der Waals surface area (Å²) < 4.78 is 3.86. The normalized spacial score (nSPS) is 10.7. The summed E-state index contributed by atoms with van der Waals surface area (Å²) in [5, 5.41) is 4.01. The number of hydrogen-bond acceptors (Lipinski definition) is 6. The van der Waals surface area contributed by atoms with Crippen LogP contribution in [0.3, 0.4) is 0 Å². The molecule has 2 N–H and O–H groups in total. The smallest absolute Gasteiger partial charge is 0.271 e. The fourth-order valence-corrected chi connectivity index (χ4v) is 2.49. The highest BCUT2D eigenvalue weighted by Gasteiger charge is 2.23. The van der Waals surface area contributed by atoms with Crippen LogP contribution in [0.1, 0.15) is 35.1 Å². The summed E-state index contributed by atoms with van der Waals surface area (Å²) in [6.07, 6.45) is 3.12. The summed E-state index contributed by atoms with van der Waals surface area (Å²) in [6, 6.07) is 1.71. The summed E-state index contributed by atoms with van der Waals surface area (Å²) in [5.74, 6) is -0.00233. The van der Waals surface area contributed by atoms with Crippen LogP contribution in [-0.2, 0) is 0 Å². The molecule has 2 aromatic rings. The van der Waals surface area contributed by atoms with Gasteiger partial charge in [0.15, 0.2) is 0 Å². The van der Waals surface area contributed by atoms with Crippen LogP contribution >= 0.6 is 11.5 Å². The van der Waals surface area contributed by atoms with Gasteiger partial charge in [-0.2, -0.15) is 0 Å². The van der Waals surface area contributed by atoms with Gasteiger partial charge in [-0.25, -0.2) is 0 Å². The molecule has 2 rings (SSSR count). The standard InChI is InChI=1S/C12H15N5OS/c1-7(2)10-11(19-16-15-10)12(18)17(3)9-4-5-14-6-8(9)13/h4-7H,13H2,1-3H3. The number of anilines is 2. The SMILES string of the molecule is CC(C)c1nnsc1C(=O)N(C)c1ccncc1N. The van der Waals surface area contributed by atoms with Crippen LogP contribution in [-0.4, -0.2) is 27.5 Å². The molecule has 1 amide bonds. The van der Waals surface area contributed by atoms with Crippen molar-refractivity contribution in [1.82, 2.24) is 14.6 Å². The average molecular weight is 277 g/mol. The van der Waals surface area contributed by atoms with Gasteiger partial charge in [0.25, 0.3) is 5.91 Å². The van der Waals surface area contributed by atoms with Crippen molar-refractivity contribution < 1.29 is 4.79 Å². The molecular weight excluding hydrogens is 262 g/mol. The van der Waals surface area contributed by atoms with Crippen molar-refractivity contribution in [3.8, 4) is 0 Å². The van der Waals surface area contributed by atoms with Gasteiger partial charge in [-0.05, 0) is 23.5 Å². The molecule has 0 aliphatic carbocycles. The predicted molar refractivity (Wildman–Crippen MR) is 75.4 cm³/mol. The molecule has 0 saturated carbocycles. The third-order valence-corrected chi connectivity index (χ3v) is 3.48. The van der Waals surface area contributed by atoms with Gasteiger partial charge in [0.1, 0.15) is 4.88 Å². The number of aromatic nitrogens is 3. The van der Waals surface area contributed by atoms with Crippen LogP contribution in [0.15, 0.2) is 18.5 Å². The number of nitrogens with two attached hydrogens (primary N) is 1. The molecule has 0 spiro atoms. The molecule has 0 bridgehead atoms. The summed E-state index contributed by atoms with van der Waals surface area (Å²) in [4.78, 5) is 18.4. The molecule has 19 heavy (non-hydrogen) atoms. The Morgan fingerprint density at radius 2 is 2.21 bits per heavy atom. The molecule has 0 fully saturated rings. The highest BCUT2D eigenvalue weighted by atomic mass is 32.1. The highest BCUT2D eigenvalue weighted by molar-refractivity contribution is 7.08. The van der Waals surface area contributed by atoms with E-state index in [1.165, 1.54) is 11.1 Å². The lowest BCUT2D eigenvalue weighted by Crippen LogP contribution is -2.27. The van der Waals surface area contributed by atoms with E-state index in [4.69, 9.17) is 5.73 Å². The van der Waals surface area contributed by atoms with Gasteiger partial charge in [-0.1, -0.05) is 18.3 Å². The Morgan fingerprint density at radius 3 is 2.84 bits per heavy atom. The van der Waals surface area contributed by atoms with Gasteiger partial charge in [0.05, 0.1) is 23.3 Å². The first kappa shape index (κ1) is 13.4. The van der Waals surface area contributed by atoms with Crippen LogP contribution in [0.5, 0.6) is 0 Å². The highest BCUT2D eigenvalue weighted by Crippen LogP contribution is 2.26. The number of rotatable bonds is 3. The zero-order valence-corrected chi connectivity index (χ0v) is 11.8. The Hall–Kier alpha value is -2.02. The van der Waals surface area contributed by atoms with Crippen molar-refractivity contribution in [2.45, 2.75) is 19.8 Å². The third kappa shape index (κ3) is 2.55. The Kier molecular flexibility index (Phi) is 3.75. The lowest BCUT2D eigenvalue weighted by Gasteiger charge is -2.18. The Labute approximate surface area is 115 Å². The second-order valence-electron chi connectivity index (χ2n) is 4.44. The van der Waals surface area contributed by atoms with Crippen molar-refractivity contribution in [3.63, 3.8) is 0 Å². The van der Waals surface area contributed by atoms with Gasteiger partial charge in [0.2, 0.25) is 0 Å². The minimum absolute atomic E-state index is 0.154. The molecule has 2 aromatic heterocycles. The Balaban J connectivity index is 2.34. The van der Waals surface area contributed by atoms with Crippen LogP contribution in [0, 0.1) is 0 Å². The average Bonchev–Trinajstić information content (AvgIpc) is 2.87. The molecule has 2 heterocycles. The number of pyridine rings is 1. The molecule has 7 heteroatoms.